The summed E-state index contributed by atoms with van der Waals surface area (Å²) in [6.45, 7) is 2.02. The average Bonchev–Trinajstić information content (AvgIpc) is 3.43. The van der Waals surface area contributed by atoms with Crippen LogP contribution in [-0.4, -0.2) is 0 Å². The van der Waals surface area contributed by atoms with Crippen LogP contribution in [0.3, 0.4) is 0 Å². The zero-order valence-corrected chi connectivity index (χ0v) is 22.8. The lowest BCUT2D eigenvalue weighted by Gasteiger charge is -2.09. The topological polar surface area (TPSA) is 39.2 Å². The quantitative estimate of drug-likeness (QED) is 0.179. The monoisotopic (exact) mass is 527 g/mol. The summed E-state index contributed by atoms with van der Waals surface area (Å²) in [6, 6.07) is 41.1. The van der Waals surface area contributed by atoms with Crippen molar-refractivity contribution in [1.29, 1.82) is 0 Å². The molecule has 0 bridgehead atoms. The Morgan fingerprint density at radius 3 is 1.98 bits per heavy atom. The highest BCUT2D eigenvalue weighted by molar-refractivity contribution is 6.30. The van der Waals surface area contributed by atoms with Gasteiger partial charge in [-0.2, -0.15) is 0 Å². The first-order valence-corrected chi connectivity index (χ1v) is 13.9. The molecule has 0 saturated heterocycles. The fraction of sp³-hybridized carbons (Fsp3) is 0.0256. The van der Waals surface area contributed by atoms with Gasteiger partial charge in [-0.05, 0) is 93.0 Å². The van der Waals surface area contributed by atoms with E-state index in [9.17, 15) is 0 Å². The third kappa shape index (κ3) is 4.31. The molecule has 0 amide bonds. The molecule has 0 spiro atoms. The minimum Gasteiger partial charge on any atom is -0.455 e. The molecule has 6 aromatic carbocycles. The second-order valence-electron chi connectivity index (χ2n) is 10.3. The normalized spacial score (nSPS) is 12.6. The Morgan fingerprint density at radius 2 is 1.24 bits per heavy atom. The predicted octanol–water partition coefficient (Wildman–Crippen LogP) is 10.7. The summed E-state index contributed by atoms with van der Waals surface area (Å²) < 4.78 is 6.62. The predicted molar refractivity (Wildman–Crippen MR) is 176 cm³/mol. The Bertz CT molecular complexity index is 2170. The SMILES string of the molecule is C/C=C/C(=C\C=C/N)c1cccc(-c2cccc(-c3ccc4c(c3)oc3c5ccccc5c5ccccc5c43)c2)c1. The molecule has 0 radical (unpaired) electrons. The van der Waals surface area contributed by atoms with Crippen LogP contribution in [-0.2, 0) is 0 Å². The zero-order valence-electron chi connectivity index (χ0n) is 22.8. The van der Waals surface area contributed by atoms with Crippen molar-refractivity contribution in [3.8, 4) is 22.3 Å². The van der Waals surface area contributed by atoms with Gasteiger partial charge in [0.1, 0.15) is 11.2 Å². The standard InChI is InChI=1S/C39H29NO/c1-2-10-26(15-9-22-40)27-11-7-12-28(23-27)29-13-8-14-30(24-29)31-20-21-36-37(25-31)41-39-35-19-6-4-17-33(35)32-16-3-5-18-34(32)38(36)39/h2-25H,40H2,1H3/b10-2+,22-9-,26-15+. The van der Waals surface area contributed by atoms with Gasteiger partial charge in [0.05, 0.1) is 0 Å². The molecule has 0 aliphatic heterocycles. The van der Waals surface area contributed by atoms with Crippen LogP contribution < -0.4 is 5.73 Å². The Labute approximate surface area is 239 Å². The van der Waals surface area contributed by atoms with Crippen molar-refractivity contribution < 1.29 is 4.42 Å². The molecule has 0 atom stereocenters. The van der Waals surface area contributed by atoms with E-state index in [1.807, 2.05) is 25.2 Å². The highest BCUT2D eigenvalue weighted by Gasteiger charge is 2.16. The second kappa shape index (κ2) is 10.3. The van der Waals surface area contributed by atoms with Gasteiger partial charge in [0.25, 0.3) is 0 Å². The van der Waals surface area contributed by atoms with Crippen molar-refractivity contribution in [2.75, 3.05) is 0 Å². The Hall–Kier alpha value is -5.34. The molecule has 2 heteroatoms. The van der Waals surface area contributed by atoms with Crippen molar-refractivity contribution in [3.05, 3.63) is 151 Å². The number of allylic oxidation sites excluding steroid dienone is 5. The van der Waals surface area contributed by atoms with Crippen LogP contribution in [0.4, 0.5) is 0 Å². The van der Waals surface area contributed by atoms with E-state index < -0.39 is 0 Å². The molecular weight excluding hydrogens is 498 g/mol. The van der Waals surface area contributed by atoms with Crippen LogP contribution in [0, 0.1) is 0 Å². The molecule has 0 saturated carbocycles. The Kier molecular flexibility index (Phi) is 6.22. The van der Waals surface area contributed by atoms with Gasteiger partial charge in [-0.25, -0.2) is 0 Å². The summed E-state index contributed by atoms with van der Waals surface area (Å²) in [5, 5.41) is 7.17. The molecule has 196 valence electrons. The minimum absolute atomic E-state index is 0.903. The number of furan rings is 1. The number of benzene rings is 6. The van der Waals surface area contributed by atoms with Gasteiger partial charge in [-0.3, -0.25) is 0 Å². The van der Waals surface area contributed by atoms with Gasteiger partial charge in [0.2, 0.25) is 0 Å². The van der Waals surface area contributed by atoms with E-state index in [0.29, 0.717) is 0 Å². The average molecular weight is 528 g/mol. The van der Waals surface area contributed by atoms with E-state index in [1.165, 1.54) is 32.7 Å². The molecule has 7 rings (SSSR count). The summed E-state index contributed by atoms with van der Waals surface area (Å²) >= 11 is 0. The van der Waals surface area contributed by atoms with Crippen LogP contribution in [0.5, 0.6) is 0 Å². The Balaban J connectivity index is 1.35. The fourth-order valence-corrected chi connectivity index (χ4v) is 5.93. The van der Waals surface area contributed by atoms with E-state index in [1.54, 1.807) is 6.20 Å². The van der Waals surface area contributed by atoms with Gasteiger partial charge >= 0.3 is 0 Å². The van der Waals surface area contributed by atoms with Crippen LogP contribution in [0.15, 0.2) is 150 Å². The zero-order chi connectivity index (χ0) is 27.8. The largest absolute Gasteiger partial charge is 0.455 e. The second-order valence-corrected chi connectivity index (χ2v) is 10.3. The number of hydrogen-bond donors (Lipinski definition) is 1. The maximum absolute atomic E-state index is 6.62. The van der Waals surface area contributed by atoms with Gasteiger partial charge in [-0.15, -0.1) is 0 Å². The maximum atomic E-state index is 6.62. The van der Waals surface area contributed by atoms with Gasteiger partial charge < -0.3 is 10.2 Å². The smallest absolute Gasteiger partial charge is 0.143 e. The van der Waals surface area contributed by atoms with E-state index in [0.717, 1.165) is 44.2 Å². The lowest BCUT2D eigenvalue weighted by atomic mass is 9.95. The van der Waals surface area contributed by atoms with E-state index in [2.05, 4.69) is 121 Å². The highest BCUT2D eigenvalue weighted by Crippen LogP contribution is 2.41. The number of nitrogens with two attached hydrogens (primary N) is 1. The highest BCUT2D eigenvalue weighted by atomic mass is 16.3. The lowest BCUT2D eigenvalue weighted by molar-refractivity contribution is 0.673. The molecular formula is C39H29NO. The van der Waals surface area contributed by atoms with Crippen molar-refractivity contribution >= 4 is 49.1 Å². The van der Waals surface area contributed by atoms with Crippen LogP contribution in [0.1, 0.15) is 12.5 Å². The fourth-order valence-electron chi connectivity index (χ4n) is 5.93. The minimum atomic E-state index is 0.903. The van der Waals surface area contributed by atoms with Crippen LogP contribution >= 0.6 is 0 Å². The number of fused-ring (bicyclic) bond motifs is 8. The van der Waals surface area contributed by atoms with Crippen LogP contribution in [0.25, 0.3) is 71.3 Å². The molecule has 1 aromatic heterocycles. The molecule has 7 aromatic rings. The van der Waals surface area contributed by atoms with Gasteiger partial charge in [0, 0.05) is 16.2 Å². The van der Waals surface area contributed by atoms with Gasteiger partial charge in [-0.1, -0.05) is 109 Å². The van der Waals surface area contributed by atoms with Crippen molar-refractivity contribution in [3.63, 3.8) is 0 Å². The van der Waals surface area contributed by atoms with Crippen molar-refractivity contribution in [1.82, 2.24) is 0 Å². The number of rotatable bonds is 5. The van der Waals surface area contributed by atoms with E-state index in [4.69, 9.17) is 10.2 Å². The Morgan fingerprint density at radius 1 is 0.610 bits per heavy atom. The number of hydrogen-bond acceptors (Lipinski definition) is 2. The molecule has 2 nitrogen and oxygen atoms in total. The molecule has 41 heavy (non-hydrogen) atoms. The first kappa shape index (κ1) is 24.7. The molecule has 0 aliphatic carbocycles. The van der Waals surface area contributed by atoms with Gasteiger partial charge in [0.15, 0.2) is 0 Å². The van der Waals surface area contributed by atoms with Crippen molar-refractivity contribution in [2.45, 2.75) is 6.92 Å². The van der Waals surface area contributed by atoms with E-state index >= 15 is 0 Å². The first-order chi connectivity index (χ1) is 20.2. The maximum Gasteiger partial charge on any atom is 0.143 e. The van der Waals surface area contributed by atoms with Crippen molar-refractivity contribution in [2.24, 2.45) is 5.73 Å². The third-order valence-corrected chi connectivity index (χ3v) is 7.81. The summed E-state index contributed by atoms with van der Waals surface area (Å²) in [5.74, 6) is 0. The summed E-state index contributed by atoms with van der Waals surface area (Å²) in [4.78, 5) is 0. The third-order valence-electron chi connectivity index (χ3n) is 7.81. The molecule has 0 unspecified atom stereocenters. The molecule has 0 fully saturated rings. The van der Waals surface area contributed by atoms with Crippen LogP contribution in [0.2, 0.25) is 0 Å². The molecule has 1 heterocycles. The summed E-state index contributed by atoms with van der Waals surface area (Å²) in [6.07, 6.45) is 9.60. The molecule has 0 aliphatic rings. The first-order valence-electron chi connectivity index (χ1n) is 13.9. The van der Waals surface area contributed by atoms with E-state index in [-0.39, 0.29) is 0 Å². The summed E-state index contributed by atoms with van der Waals surface area (Å²) in [7, 11) is 0. The summed E-state index contributed by atoms with van der Waals surface area (Å²) in [5.41, 5.74) is 14.3. The molecule has 2 N–H and O–H groups in total. The lowest BCUT2D eigenvalue weighted by Crippen LogP contribution is -1.86.